The van der Waals surface area contributed by atoms with E-state index < -0.39 is 0 Å². The molecule has 0 radical (unpaired) electrons. The number of amides is 1. The quantitative estimate of drug-likeness (QED) is 0.843. The lowest BCUT2D eigenvalue weighted by molar-refractivity contribution is 0.0724. The predicted molar refractivity (Wildman–Crippen MR) is 105 cm³/mol. The van der Waals surface area contributed by atoms with Crippen molar-refractivity contribution in [1.82, 2.24) is 14.8 Å². The van der Waals surface area contributed by atoms with Crippen molar-refractivity contribution in [2.75, 3.05) is 50.0 Å². The van der Waals surface area contributed by atoms with Crippen LogP contribution in [0.2, 0.25) is 0 Å². The molecule has 5 nitrogen and oxygen atoms in total. The van der Waals surface area contributed by atoms with Gasteiger partial charge in [-0.3, -0.25) is 4.79 Å². The number of carbonyl (C=O) groups excluding carboxylic acids is 1. The van der Waals surface area contributed by atoms with E-state index in [4.69, 9.17) is 0 Å². The summed E-state index contributed by atoms with van der Waals surface area (Å²) in [5, 5.41) is 3.54. The summed E-state index contributed by atoms with van der Waals surface area (Å²) < 4.78 is 0. The maximum Gasteiger partial charge on any atom is 0.254 e. The number of likely N-dealkylation sites (tertiary alicyclic amines) is 2. The van der Waals surface area contributed by atoms with E-state index in [1.165, 1.54) is 18.7 Å². The third-order valence-electron chi connectivity index (χ3n) is 5.20. The second-order valence-electron chi connectivity index (χ2n) is 7.04. The molecule has 6 heteroatoms. The van der Waals surface area contributed by atoms with Crippen LogP contribution < -0.4 is 5.32 Å². The van der Waals surface area contributed by atoms with Crippen LogP contribution in [-0.2, 0) is 0 Å². The maximum atomic E-state index is 12.6. The maximum absolute atomic E-state index is 12.6. The van der Waals surface area contributed by atoms with Crippen molar-refractivity contribution in [3.05, 3.63) is 23.9 Å². The standard InChI is InChI=1S/C19H30N4OS/c1-25-14-13-22-11-6-17(7-12-22)21-18-15-16(5-8-20-18)19(24)23-9-3-2-4-10-23/h5,8,15,17H,2-4,6-7,9-14H2,1H3,(H,20,21). The molecule has 2 fully saturated rings. The minimum atomic E-state index is 0.150. The third kappa shape index (κ3) is 5.35. The minimum absolute atomic E-state index is 0.150. The molecule has 3 heterocycles. The molecule has 3 rings (SSSR count). The van der Waals surface area contributed by atoms with E-state index in [-0.39, 0.29) is 5.91 Å². The normalized spacial score (nSPS) is 19.8. The number of carbonyl (C=O) groups is 1. The monoisotopic (exact) mass is 362 g/mol. The Balaban J connectivity index is 1.52. The molecule has 1 aromatic rings. The Hall–Kier alpha value is -1.27. The molecule has 2 aliphatic rings. The van der Waals surface area contributed by atoms with Gasteiger partial charge in [0.15, 0.2) is 0 Å². The first-order valence-electron chi connectivity index (χ1n) is 9.49. The van der Waals surface area contributed by atoms with Gasteiger partial charge in [0.2, 0.25) is 0 Å². The average Bonchev–Trinajstić information content (AvgIpc) is 2.68. The van der Waals surface area contributed by atoms with E-state index >= 15 is 0 Å². The highest BCUT2D eigenvalue weighted by molar-refractivity contribution is 7.98. The van der Waals surface area contributed by atoms with Gasteiger partial charge in [0.25, 0.3) is 5.91 Å². The molecule has 0 aromatic carbocycles. The summed E-state index contributed by atoms with van der Waals surface area (Å²) in [6.07, 6.45) is 9.68. The van der Waals surface area contributed by atoms with Gasteiger partial charge in [-0.2, -0.15) is 11.8 Å². The van der Waals surface area contributed by atoms with Gasteiger partial charge in [0.05, 0.1) is 0 Å². The summed E-state index contributed by atoms with van der Waals surface area (Å²) in [4.78, 5) is 21.6. The number of aromatic nitrogens is 1. The lowest BCUT2D eigenvalue weighted by Gasteiger charge is -2.32. The predicted octanol–water partition coefficient (Wildman–Crippen LogP) is 2.95. The molecule has 1 amide bonds. The van der Waals surface area contributed by atoms with Crippen molar-refractivity contribution in [2.24, 2.45) is 0 Å². The van der Waals surface area contributed by atoms with Gasteiger partial charge < -0.3 is 15.1 Å². The molecule has 0 aliphatic carbocycles. The summed E-state index contributed by atoms with van der Waals surface area (Å²) in [7, 11) is 0. The van der Waals surface area contributed by atoms with Gasteiger partial charge in [0, 0.05) is 56.3 Å². The number of pyridine rings is 1. The van der Waals surface area contributed by atoms with Crippen molar-refractivity contribution in [3.8, 4) is 0 Å². The van der Waals surface area contributed by atoms with Crippen LogP contribution in [0.25, 0.3) is 0 Å². The van der Waals surface area contributed by atoms with Crippen LogP contribution in [0.4, 0.5) is 5.82 Å². The Bertz CT molecular complexity index is 554. The number of thioether (sulfide) groups is 1. The number of hydrogen-bond acceptors (Lipinski definition) is 5. The van der Waals surface area contributed by atoms with Gasteiger partial charge >= 0.3 is 0 Å². The topological polar surface area (TPSA) is 48.5 Å². The summed E-state index contributed by atoms with van der Waals surface area (Å²) in [6, 6.07) is 4.22. The molecule has 0 unspecified atom stereocenters. The molecule has 25 heavy (non-hydrogen) atoms. The number of nitrogens with one attached hydrogen (secondary N) is 1. The molecule has 1 aromatic heterocycles. The molecular formula is C19H30N4OS. The van der Waals surface area contributed by atoms with E-state index in [0.717, 1.165) is 63.2 Å². The second kappa shape index (κ2) is 9.43. The molecule has 1 N–H and O–H groups in total. The van der Waals surface area contributed by atoms with Crippen LogP contribution >= 0.6 is 11.8 Å². The van der Waals surface area contributed by atoms with Crippen molar-refractivity contribution in [1.29, 1.82) is 0 Å². The molecule has 138 valence electrons. The summed E-state index contributed by atoms with van der Waals surface area (Å²) in [6.45, 7) is 5.25. The molecule has 2 saturated heterocycles. The first kappa shape index (κ1) is 18.5. The highest BCUT2D eigenvalue weighted by atomic mass is 32.2. The number of hydrogen-bond donors (Lipinski definition) is 1. The van der Waals surface area contributed by atoms with Crippen LogP contribution in [-0.4, -0.2) is 71.5 Å². The zero-order valence-corrected chi connectivity index (χ0v) is 16.1. The van der Waals surface area contributed by atoms with Crippen molar-refractivity contribution in [3.63, 3.8) is 0 Å². The summed E-state index contributed by atoms with van der Waals surface area (Å²) in [5.41, 5.74) is 0.761. The van der Waals surface area contributed by atoms with Crippen molar-refractivity contribution < 1.29 is 4.79 Å². The van der Waals surface area contributed by atoms with Crippen LogP contribution in [0, 0.1) is 0 Å². The Morgan fingerprint density at radius 2 is 2.00 bits per heavy atom. The van der Waals surface area contributed by atoms with E-state index in [2.05, 4.69) is 21.5 Å². The van der Waals surface area contributed by atoms with E-state index in [1.807, 2.05) is 28.8 Å². The highest BCUT2D eigenvalue weighted by Crippen LogP contribution is 2.18. The Morgan fingerprint density at radius 1 is 1.24 bits per heavy atom. The first-order valence-corrected chi connectivity index (χ1v) is 10.9. The highest BCUT2D eigenvalue weighted by Gasteiger charge is 2.21. The Labute approximate surface area is 155 Å². The molecule has 0 bridgehead atoms. The second-order valence-corrected chi connectivity index (χ2v) is 8.02. The lowest BCUT2D eigenvalue weighted by Crippen LogP contribution is -2.40. The number of rotatable bonds is 6. The lowest BCUT2D eigenvalue weighted by atomic mass is 10.0. The summed E-state index contributed by atoms with van der Waals surface area (Å²) in [5.74, 6) is 2.20. The van der Waals surface area contributed by atoms with Crippen LogP contribution in [0.3, 0.4) is 0 Å². The zero-order chi connectivity index (χ0) is 17.5. The van der Waals surface area contributed by atoms with E-state index in [0.29, 0.717) is 6.04 Å². The van der Waals surface area contributed by atoms with Gasteiger partial charge in [0.1, 0.15) is 5.82 Å². The Morgan fingerprint density at radius 3 is 2.72 bits per heavy atom. The molecule has 0 saturated carbocycles. The zero-order valence-electron chi connectivity index (χ0n) is 15.2. The van der Waals surface area contributed by atoms with Gasteiger partial charge in [-0.1, -0.05) is 0 Å². The van der Waals surface area contributed by atoms with Gasteiger partial charge in [-0.25, -0.2) is 4.98 Å². The Kier molecular flexibility index (Phi) is 6.99. The molecule has 2 aliphatic heterocycles. The number of piperidine rings is 2. The largest absolute Gasteiger partial charge is 0.367 e. The minimum Gasteiger partial charge on any atom is -0.367 e. The SMILES string of the molecule is CSCCN1CCC(Nc2cc(C(=O)N3CCCCC3)ccn2)CC1. The van der Waals surface area contributed by atoms with Crippen LogP contribution in [0.15, 0.2) is 18.3 Å². The summed E-state index contributed by atoms with van der Waals surface area (Å²) >= 11 is 1.91. The van der Waals surface area contributed by atoms with Gasteiger partial charge in [-0.15, -0.1) is 0 Å². The average molecular weight is 363 g/mol. The number of anilines is 1. The first-order chi connectivity index (χ1) is 12.3. The number of nitrogens with zero attached hydrogens (tertiary/aromatic N) is 3. The van der Waals surface area contributed by atoms with E-state index in [9.17, 15) is 4.79 Å². The van der Waals surface area contributed by atoms with Crippen molar-refractivity contribution >= 4 is 23.5 Å². The van der Waals surface area contributed by atoms with Gasteiger partial charge in [-0.05, 0) is 50.5 Å². The van der Waals surface area contributed by atoms with Crippen molar-refractivity contribution in [2.45, 2.75) is 38.1 Å². The third-order valence-corrected chi connectivity index (χ3v) is 5.79. The van der Waals surface area contributed by atoms with Crippen LogP contribution in [0.1, 0.15) is 42.5 Å². The fourth-order valence-electron chi connectivity index (χ4n) is 3.65. The van der Waals surface area contributed by atoms with Crippen LogP contribution in [0.5, 0.6) is 0 Å². The molecule has 0 spiro atoms. The smallest absolute Gasteiger partial charge is 0.254 e. The fourth-order valence-corrected chi connectivity index (χ4v) is 4.09. The molecular weight excluding hydrogens is 332 g/mol. The van der Waals surface area contributed by atoms with E-state index in [1.54, 1.807) is 6.20 Å². The molecule has 0 atom stereocenters. The fraction of sp³-hybridized carbons (Fsp3) is 0.684.